The molecule has 1 fully saturated rings. The molecule has 5 nitrogen and oxygen atoms in total. The molecule has 100 valence electrons. The molecule has 0 amide bonds. The third-order valence-corrected chi connectivity index (χ3v) is 6.41. The molecule has 1 aliphatic rings. The number of carboxylic acids is 1. The Morgan fingerprint density at radius 1 is 1.50 bits per heavy atom. The van der Waals surface area contributed by atoms with Crippen LogP contribution in [0.1, 0.15) is 29.4 Å². The van der Waals surface area contributed by atoms with Crippen LogP contribution in [0.2, 0.25) is 0 Å². The molecule has 0 bridgehead atoms. The van der Waals surface area contributed by atoms with E-state index in [1.165, 1.54) is 16.4 Å². The number of piperidine rings is 1. The van der Waals surface area contributed by atoms with Crippen LogP contribution in [0.15, 0.2) is 16.3 Å². The fraction of sp³-hybridized carbons (Fsp3) is 0.545. The standard InChI is InChI=1S/C11H15NO4S2/c1-8-3-2-6-12(7-8)18(15,16)10-5-4-9(17-10)11(13)14/h4-5,8H,2-3,6-7H2,1H3,(H,13,14). The van der Waals surface area contributed by atoms with Crippen LogP contribution in [-0.2, 0) is 10.0 Å². The molecular formula is C11H15NO4S2. The molecule has 0 saturated carbocycles. The van der Waals surface area contributed by atoms with Crippen LogP contribution in [0.5, 0.6) is 0 Å². The first-order valence-corrected chi connectivity index (χ1v) is 8.00. The van der Waals surface area contributed by atoms with E-state index in [-0.39, 0.29) is 9.09 Å². The molecule has 2 rings (SSSR count). The van der Waals surface area contributed by atoms with Gasteiger partial charge in [0.05, 0.1) is 0 Å². The van der Waals surface area contributed by atoms with E-state index in [2.05, 4.69) is 0 Å². The van der Waals surface area contributed by atoms with Gasteiger partial charge in [-0.2, -0.15) is 4.31 Å². The van der Waals surface area contributed by atoms with Crippen LogP contribution in [-0.4, -0.2) is 36.9 Å². The fourth-order valence-electron chi connectivity index (χ4n) is 2.07. The monoisotopic (exact) mass is 289 g/mol. The van der Waals surface area contributed by atoms with Gasteiger partial charge in [-0.25, -0.2) is 13.2 Å². The molecule has 1 N–H and O–H groups in total. The summed E-state index contributed by atoms with van der Waals surface area (Å²) in [5, 5.41) is 8.82. The number of thiophene rings is 1. The number of hydrogen-bond donors (Lipinski definition) is 1. The summed E-state index contributed by atoms with van der Waals surface area (Å²) in [4.78, 5) is 10.8. The molecule has 1 atom stereocenters. The van der Waals surface area contributed by atoms with Crippen LogP contribution >= 0.6 is 11.3 Å². The summed E-state index contributed by atoms with van der Waals surface area (Å²) in [7, 11) is -3.52. The number of sulfonamides is 1. The number of hydrogen-bond acceptors (Lipinski definition) is 4. The zero-order chi connectivity index (χ0) is 13.3. The van der Waals surface area contributed by atoms with Crippen LogP contribution < -0.4 is 0 Å². The van der Waals surface area contributed by atoms with Gasteiger partial charge in [0.2, 0.25) is 0 Å². The minimum atomic E-state index is -3.52. The second-order valence-corrected chi connectivity index (χ2v) is 7.78. The smallest absolute Gasteiger partial charge is 0.345 e. The fourth-order valence-corrected chi connectivity index (χ4v) is 4.96. The van der Waals surface area contributed by atoms with Gasteiger partial charge in [0.25, 0.3) is 10.0 Å². The van der Waals surface area contributed by atoms with E-state index in [0.29, 0.717) is 19.0 Å². The SMILES string of the molecule is CC1CCCN(S(=O)(=O)c2ccc(C(=O)O)s2)C1. The van der Waals surface area contributed by atoms with Crippen molar-refractivity contribution in [2.24, 2.45) is 5.92 Å². The van der Waals surface area contributed by atoms with Crippen LogP contribution in [0, 0.1) is 5.92 Å². The number of rotatable bonds is 3. The van der Waals surface area contributed by atoms with Gasteiger partial charge in [-0.15, -0.1) is 11.3 Å². The lowest BCUT2D eigenvalue weighted by Crippen LogP contribution is -2.38. The largest absolute Gasteiger partial charge is 0.477 e. The minimum Gasteiger partial charge on any atom is -0.477 e. The predicted octanol–water partition coefficient (Wildman–Crippen LogP) is 1.87. The summed E-state index contributed by atoms with van der Waals surface area (Å²) in [5.41, 5.74) is 0. The van der Waals surface area contributed by atoms with E-state index in [1.54, 1.807) is 0 Å². The summed E-state index contributed by atoms with van der Waals surface area (Å²) < 4.78 is 26.2. The van der Waals surface area contributed by atoms with Gasteiger partial charge in [-0.1, -0.05) is 6.92 Å². The van der Waals surface area contributed by atoms with Crippen molar-refractivity contribution in [1.82, 2.24) is 4.31 Å². The molecule has 1 aliphatic heterocycles. The summed E-state index contributed by atoms with van der Waals surface area (Å²) in [6.45, 7) is 3.06. The van der Waals surface area contributed by atoms with Crippen molar-refractivity contribution < 1.29 is 18.3 Å². The molecular weight excluding hydrogens is 274 g/mol. The van der Waals surface area contributed by atoms with Crippen molar-refractivity contribution in [2.45, 2.75) is 24.0 Å². The average molecular weight is 289 g/mol. The minimum absolute atomic E-state index is 0.0543. The Bertz CT molecular complexity index is 549. The Labute approximate surface area is 110 Å². The first-order chi connectivity index (χ1) is 8.41. The van der Waals surface area contributed by atoms with E-state index in [9.17, 15) is 13.2 Å². The van der Waals surface area contributed by atoms with E-state index >= 15 is 0 Å². The van der Waals surface area contributed by atoms with Gasteiger partial charge < -0.3 is 5.11 Å². The molecule has 0 aromatic carbocycles. The third-order valence-electron chi connectivity index (χ3n) is 3.01. The topological polar surface area (TPSA) is 74.7 Å². The molecule has 0 aliphatic carbocycles. The Kier molecular flexibility index (Phi) is 3.74. The van der Waals surface area contributed by atoms with Gasteiger partial charge in [0, 0.05) is 13.1 Å². The Balaban J connectivity index is 2.26. The summed E-state index contributed by atoms with van der Waals surface area (Å²) in [6, 6.07) is 2.72. The molecule has 1 aromatic rings. The average Bonchev–Trinajstić information content (AvgIpc) is 2.79. The zero-order valence-corrected chi connectivity index (χ0v) is 11.6. The second-order valence-electron chi connectivity index (χ2n) is 4.53. The van der Waals surface area contributed by atoms with Crippen molar-refractivity contribution in [1.29, 1.82) is 0 Å². The van der Waals surface area contributed by atoms with E-state index in [4.69, 9.17) is 5.11 Å². The van der Waals surface area contributed by atoms with Crippen molar-refractivity contribution in [2.75, 3.05) is 13.1 Å². The van der Waals surface area contributed by atoms with Crippen LogP contribution in [0.4, 0.5) is 0 Å². The van der Waals surface area contributed by atoms with E-state index in [1.807, 2.05) is 6.92 Å². The normalized spacial score (nSPS) is 21.9. The highest BCUT2D eigenvalue weighted by molar-refractivity contribution is 7.91. The maximum Gasteiger partial charge on any atom is 0.345 e. The number of carboxylic acid groups (broad SMARTS) is 1. The van der Waals surface area contributed by atoms with E-state index in [0.717, 1.165) is 24.2 Å². The Morgan fingerprint density at radius 2 is 2.22 bits per heavy atom. The van der Waals surface area contributed by atoms with Crippen molar-refractivity contribution in [3.8, 4) is 0 Å². The first kappa shape index (κ1) is 13.5. The van der Waals surface area contributed by atoms with Crippen molar-refractivity contribution in [3.63, 3.8) is 0 Å². The molecule has 0 radical (unpaired) electrons. The van der Waals surface area contributed by atoms with Gasteiger partial charge in [0.1, 0.15) is 9.09 Å². The molecule has 1 saturated heterocycles. The van der Waals surface area contributed by atoms with Crippen LogP contribution in [0.3, 0.4) is 0 Å². The quantitative estimate of drug-likeness (QED) is 0.921. The first-order valence-electron chi connectivity index (χ1n) is 5.74. The Morgan fingerprint density at radius 3 is 2.78 bits per heavy atom. The summed E-state index contributed by atoms with van der Waals surface area (Å²) in [5.74, 6) is -0.735. The predicted molar refractivity (Wildman–Crippen MR) is 68.4 cm³/mol. The second kappa shape index (κ2) is 4.99. The maximum atomic E-state index is 12.3. The van der Waals surface area contributed by atoms with E-state index < -0.39 is 16.0 Å². The molecule has 2 heterocycles. The molecule has 7 heteroatoms. The zero-order valence-electron chi connectivity index (χ0n) is 10.00. The maximum absolute atomic E-state index is 12.3. The van der Waals surface area contributed by atoms with Crippen molar-refractivity contribution >= 4 is 27.3 Å². The lowest BCUT2D eigenvalue weighted by molar-refractivity contribution is 0.0702. The highest BCUT2D eigenvalue weighted by atomic mass is 32.2. The summed E-state index contributed by atoms with van der Waals surface area (Å²) in [6.07, 6.45) is 1.90. The highest BCUT2D eigenvalue weighted by Gasteiger charge is 2.30. The summed E-state index contributed by atoms with van der Waals surface area (Å²) >= 11 is 0.814. The number of carbonyl (C=O) groups is 1. The Hall–Kier alpha value is -0.920. The number of aromatic carboxylic acids is 1. The van der Waals surface area contributed by atoms with Gasteiger partial charge in [0.15, 0.2) is 0 Å². The molecule has 1 aromatic heterocycles. The lowest BCUT2D eigenvalue weighted by Gasteiger charge is -2.29. The highest BCUT2D eigenvalue weighted by Crippen LogP contribution is 2.28. The van der Waals surface area contributed by atoms with Gasteiger partial charge >= 0.3 is 5.97 Å². The van der Waals surface area contributed by atoms with Crippen LogP contribution in [0.25, 0.3) is 0 Å². The lowest BCUT2D eigenvalue weighted by atomic mass is 10.0. The van der Waals surface area contributed by atoms with Crippen molar-refractivity contribution in [3.05, 3.63) is 17.0 Å². The molecule has 1 unspecified atom stereocenters. The third kappa shape index (κ3) is 2.57. The molecule has 18 heavy (non-hydrogen) atoms. The molecule has 0 spiro atoms. The van der Waals surface area contributed by atoms with Gasteiger partial charge in [-0.05, 0) is 30.9 Å². The number of nitrogens with zero attached hydrogens (tertiary/aromatic N) is 1. The van der Waals surface area contributed by atoms with Gasteiger partial charge in [-0.3, -0.25) is 0 Å².